The number of ether oxygens (including phenoxy) is 1. The van der Waals surface area contributed by atoms with E-state index < -0.39 is 11.2 Å². The van der Waals surface area contributed by atoms with Gasteiger partial charge in [-0.2, -0.15) is 5.10 Å². The van der Waals surface area contributed by atoms with Gasteiger partial charge < -0.3 is 4.74 Å². The molecule has 2 atom stereocenters. The van der Waals surface area contributed by atoms with Crippen LogP contribution in [-0.2, 0) is 0 Å². The van der Waals surface area contributed by atoms with Crippen LogP contribution in [-0.4, -0.2) is 15.6 Å². The molecule has 0 fully saturated rings. The smallest absolute Gasteiger partial charge is 0.288 e. The van der Waals surface area contributed by atoms with Crippen LogP contribution >= 0.6 is 11.6 Å². The van der Waals surface area contributed by atoms with E-state index in [1.54, 1.807) is 6.07 Å². The Morgan fingerprint density at radius 1 is 0.970 bits per heavy atom. The first kappa shape index (κ1) is 19.8. The second-order valence-electron chi connectivity index (χ2n) is 8.18. The number of nitrogens with zero attached hydrogens (tertiary/aromatic N) is 3. The standard InChI is InChI=1S/C26H18ClN3O3/c27-21-12-11-19(14-24(21)30(31)32)26-29-23(20-7-3-4-8-25(20)33-26)15-22(28-29)18-10-9-16-5-1-2-6-17(16)13-18/h1-14,23,26H,15H2. The van der Waals surface area contributed by atoms with Crippen LogP contribution in [0.25, 0.3) is 10.8 Å². The van der Waals surface area contributed by atoms with Gasteiger partial charge in [0.1, 0.15) is 10.8 Å². The number of hydrogen-bond acceptors (Lipinski definition) is 5. The molecule has 0 bridgehead atoms. The third-order valence-corrected chi connectivity index (χ3v) is 6.55. The van der Waals surface area contributed by atoms with Crippen molar-refractivity contribution in [2.45, 2.75) is 18.7 Å². The minimum absolute atomic E-state index is 0.0313. The van der Waals surface area contributed by atoms with Gasteiger partial charge >= 0.3 is 0 Å². The van der Waals surface area contributed by atoms with Crippen molar-refractivity contribution in [2.75, 3.05) is 0 Å². The maximum absolute atomic E-state index is 11.5. The topological polar surface area (TPSA) is 68.0 Å². The average molecular weight is 456 g/mol. The van der Waals surface area contributed by atoms with E-state index in [1.807, 2.05) is 41.4 Å². The molecule has 2 unspecified atom stereocenters. The van der Waals surface area contributed by atoms with Crippen LogP contribution in [0.4, 0.5) is 5.69 Å². The number of hydrogen-bond donors (Lipinski definition) is 0. The normalized spacial score (nSPS) is 18.9. The molecule has 6 nitrogen and oxygen atoms in total. The van der Waals surface area contributed by atoms with E-state index in [-0.39, 0.29) is 16.8 Å². The Balaban J connectivity index is 1.45. The molecule has 0 amide bonds. The maximum Gasteiger partial charge on any atom is 0.288 e. The van der Waals surface area contributed by atoms with Crippen LogP contribution in [0.5, 0.6) is 5.75 Å². The van der Waals surface area contributed by atoms with Crippen molar-refractivity contribution < 1.29 is 9.66 Å². The highest BCUT2D eigenvalue weighted by Gasteiger charge is 2.41. The second kappa shape index (κ2) is 7.60. The van der Waals surface area contributed by atoms with Gasteiger partial charge in [0.2, 0.25) is 6.23 Å². The molecule has 0 spiro atoms. The summed E-state index contributed by atoms with van der Waals surface area (Å²) < 4.78 is 6.31. The molecule has 0 aromatic heterocycles. The van der Waals surface area contributed by atoms with E-state index in [4.69, 9.17) is 21.4 Å². The Morgan fingerprint density at radius 3 is 2.61 bits per heavy atom. The van der Waals surface area contributed by atoms with E-state index in [9.17, 15) is 10.1 Å². The van der Waals surface area contributed by atoms with Crippen molar-refractivity contribution in [1.82, 2.24) is 5.01 Å². The molecule has 4 aromatic rings. The summed E-state index contributed by atoms with van der Waals surface area (Å²) >= 11 is 6.05. The molecule has 162 valence electrons. The number of hydrazone groups is 1. The van der Waals surface area contributed by atoms with Crippen molar-refractivity contribution in [1.29, 1.82) is 0 Å². The maximum atomic E-state index is 11.5. The molecule has 33 heavy (non-hydrogen) atoms. The van der Waals surface area contributed by atoms with Crippen LogP contribution in [0.2, 0.25) is 5.02 Å². The lowest BCUT2D eigenvalue weighted by Crippen LogP contribution is -2.33. The van der Waals surface area contributed by atoms with E-state index in [2.05, 4.69) is 30.3 Å². The Bertz CT molecular complexity index is 1450. The largest absolute Gasteiger partial charge is 0.464 e. The molecule has 2 aliphatic rings. The lowest BCUT2D eigenvalue weighted by atomic mass is 9.95. The minimum Gasteiger partial charge on any atom is -0.464 e. The summed E-state index contributed by atoms with van der Waals surface area (Å²) in [5.41, 5.74) is 3.55. The Labute approximate surface area is 194 Å². The summed E-state index contributed by atoms with van der Waals surface area (Å²) in [6.07, 6.45) is 0.115. The lowest BCUT2D eigenvalue weighted by Gasteiger charge is -2.38. The molecule has 0 saturated carbocycles. The van der Waals surface area contributed by atoms with Gasteiger partial charge in [0.05, 0.1) is 16.7 Å². The summed E-state index contributed by atoms with van der Waals surface area (Å²) in [6, 6.07) is 27.2. The minimum atomic E-state index is -0.598. The van der Waals surface area contributed by atoms with Gasteiger partial charge in [-0.25, -0.2) is 5.01 Å². The number of benzene rings is 4. The van der Waals surface area contributed by atoms with Crippen LogP contribution in [0.15, 0.2) is 90.0 Å². The fourth-order valence-electron chi connectivity index (χ4n) is 4.62. The van der Waals surface area contributed by atoms with Crippen molar-refractivity contribution >= 4 is 33.8 Å². The molecule has 0 aliphatic carbocycles. The van der Waals surface area contributed by atoms with Gasteiger partial charge in [-0.3, -0.25) is 10.1 Å². The zero-order chi connectivity index (χ0) is 22.5. The predicted molar refractivity (Wildman–Crippen MR) is 128 cm³/mol. The Kier molecular flexibility index (Phi) is 4.55. The summed E-state index contributed by atoms with van der Waals surface area (Å²) in [6.45, 7) is 0. The van der Waals surface area contributed by atoms with Gasteiger partial charge in [-0.1, -0.05) is 72.3 Å². The number of nitro groups is 1. The molecule has 0 saturated heterocycles. The van der Waals surface area contributed by atoms with E-state index in [0.717, 1.165) is 28.0 Å². The quantitative estimate of drug-likeness (QED) is 0.256. The van der Waals surface area contributed by atoms with Crippen LogP contribution in [0, 0.1) is 10.1 Å². The number of rotatable bonds is 3. The Hall–Kier alpha value is -3.90. The second-order valence-corrected chi connectivity index (χ2v) is 8.59. The third-order valence-electron chi connectivity index (χ3n) is 6.23. The molecule has 4 aromatic carbocycles. The number of para-hydroxylation sites is 1. The highest BCUT2D eigenvalue weighted by atomic mass is 35.5. The fourth-order valence-corrected chi connectivity index (χ4v) is 4.81. The number of nitro benzene ring substituents is 1. The first-order valence-electron chi connectivity index (χ1n) is 10.6. The lowest BCUT2D eigenvalue weighted by molar-refractivity contribution is -0.384. The molecule has 6 rings (SSSR count). The van der Waals surface area contributed by atoms with E-state index in [1.165, 1.54) is 17.5 Å². The average Bonchev–Trinajstić information content (AvgIpc) is 3.29. The van der Waals surface area contributed by atoms with E-state index >= 15 is 0 Å². The molecular formula is C26H18ClN3O3. The molecule has 2 heterocycles. The molecule has 2 aliphatic heterocycles. The summed E-state index contributed by atoms with van der Waals surface area (Å²) in [5.74, 6) is 0.760. The first-order chi connectivity index (χ1) is 16.1. The Morgan fingerprint density at radius 2 is 1.76 bits per heavy atom. The highest BCUT2D eigenvalue weighted by molar-refractivity contribution is 6.32. The van der Waals surface area contributed by atoms with Crippen molar-refractivity contribution in [3.05, 3.63) is 117 Å². The van der Waals surface area contributed by atoms with Crippen LogP contribution < -0.4 is 4.74 Å². The summed E-state index contributed by atoms with van der Waals surface area (Å²) in [5, 5.41) is 20.8. The predicted octanol–water partition coefficient (Wildman–Crippen LogP) is 6.64. The first-order valence-corrected chi connectivity index (χ1v) is 11.0. The molecular weight excluding hydrogens is 438 g/mol. The van der Waals surface area contributed by atoms with E-state index in [0.29, 0.717) is 12.0 Å². The zero-order valence-corrected chi connectivity index (χ0v) is 18.1. The molecule has 7 heteroatoms. The SMILES string of the molecule is O=[N+]([O-])c1cc(C2Oc3ccccc3C3CC(c4ccc5ccccc5c4)=NN32)ccc1Cl. The van der Waals surface area contributed by atoms with Crippen molar-refractivity contribution in [3.63, 3.8) is 0 Å². The fraction of sp³-hybridized carbons (Fsp3) is 0.115. The molecule has 0 radical (unpaired) electrons. The van der Waals surface area contributed by atoms with Crippen LogP contribution in [0.3, 0.4) is 0 Å². The summed E-state index contributed by atoms with van der Waals surface area (Å²) in [7, 11) is 0. The highest BCUT2D eigenvalue weighted by Crippen LogP contribution is 2.48. The zero-order valence-electron chi connectivity index (χ0n) is 17.4. The summed E-state index contributed by atoms with van der Waals surface area (Å²) in [4.78, 5) is 11.0. The van der Waals surface area contributed by atoms with Crippen LogP contribution in [0.1, 0.15) is 35.4 Å². The van der Waals surface area contributed by atoms with Gasteiger partial charge in [0, 0.05) is 23.6 Å². The number of fused-ring (bicyclic) bond motifs is 4. The molecule has 0 N–H and O–H groups in total. The van der Waals surface area contributed by atoms with Crippen molar-refractivity contribution in [3.8, 4) is 5.75 Å². The third kappa shape index (κ3) is 3.31. The van der Waals surface area contributed by atoms with Gasteiger partial charge in [-0.15, -0.1) is 0 Å². The number of halogens is 1. The van der Waals surface area contributed by atoms with Gasteiger partial charge in [-0.05, 0) is 34.5 Å². The van der Waals surface area contributed by atoms with Gasteiger partial charge in [0.25, 0.3) is 5.69 Å². The van der Waals surface area contributed by atoms with Crippen molar-refractivity contribution in [2.24, 2.45) is 5.10 Å². The van der Waals surface area contributed by atoms with Gasteiger partial charge in [0.15, 0.2) is 0 Å². The monoisotopic (exact) mass is 455 g/mol.